The Morgan fingerprint density at radius 3 is 1.80 bits per heavy atom. The van der Waals surface area contributed by atoms with E-state index >= 15 is 0 Å². The molecule has 0 N–H and O–H groups in total. The molecule has 0 saturated heterocycles. The van der Waals surface area contributed by atoms with Crippen LogP contribution in [0.1, 0.15) is 33.6 Å². The van der Waals surface area contributed by atoms with Crippen molar-refractivity contribution in [1.82, 2.24) is 0 Å². The minimum atomic E-state index is -2.44. The van der Waals surface area contributed by atoms with Gasteiger partial charge in [0.25, 0.3) is 8.32 Å². The standard InChI is InChI=1S/C22H28O2Si/c1-22(2,3)25(20-14-8-6-9-15-20,21-16-10-7-11-17-21)24-19-13-5-4-12-18-23/h5-11,13-18H,4,12,19H2,1-3H3/b13-5+. The molecule has 0 aliphatic rings. The molecule has 2 nitrogen and oxygen atoms in total. The SMILES string of the molecule is CC(C)(C)[Si](OC/C=C/CCC=O)(c1ccccc1)c1ccccc1. The number of hydrogen-bond acceptors (Lipinski definition) is 2. The molecule has 0 fully saturated rings. The van der Waals surface area contributed by atoms with E-state index in [9.17, 15) is 4.79 Å². The van der Waals surface area contributed by atoms with Crippen LogP contribution in [-0.4, -0.2) is 21.2 Å². The third-order valence-corrected chi connectivity index (χ3v) is 9.44. The first kappa shape index (κ1) is 19.4. The Labute approximate surface area is 152 Å². The number of unbranched alkanes of at least 4 members (excludes halogenated alkanes) is 1. The molecular weight excluding hydrogens is 324 g/mol. The molecule has 0 spiro atoms. The fourth-order valence-electron chi connectivity index (χ4n) is 3.28. The Hall–Kier alpha value is -1.97. The fourth-order valence-corrected chi connectivity index (χ4v) is 7.79. The molecule has 3 heteroatoms. The van der Waals surface area contributed by atoms with Crippen LogP contribution in [-0.2, 0) is 9.22 Å². The molecule has 2 aromatic rings. The average molecular weight is 353 g/mol. The van der Waals surface area contributed by atoms with Crippen LogP contribution in [0, 0.1) is 0 Å². The van der Waals surface area contributed by atoms with E-state index in [1.54, 1.807) is 0 Å². The maximum absolute atomic E-state index is 10.4. The molecule has 0 aliphatic heterocycles. The van der Waals surface area contributed by atoms with E-state index in [1.165, 1.54) is 10.4 Å². The lowest BCUT2D eigenvalue weighted by molar-refractivity contribution is -0.107. The maximum Gasteiger partial charge on any atom is 0.261 e. The van der Waals surface area contributed by atoms with Crippen molar-refractivity contribution in [3.63, 3.8) is 0 Å². The highest BCUT2D eigenvalue weighted by molar-refractivity contribution is 6.99. The number of aldehydes is 1. The summed E-state index contributed by atoms with van der Waals surface area (Å²) in [7, 11) is -2.44. The molecule has 0 atom stereocenters. The second-order valence-corrected chi connectivity index (χ2v) is 11.5. The van der Waals surface area contributed by atoms with E-state index in [0.717, 1.165) is 12.7 Å². The van der Waals surface area contributed by atoms with Gasteiger partial charge in [0, 0.05) is 6.42 Å². The van der Waals surface area contributed by atoms with Crippen molar-refractivity contribution in [2.75, 3.05) is 6.61 Å². The summed E-state index contributed by atoms with van der Waals surface area (Å²) in [5, 5.41) is 2.57. The molecule has 0 saturated carbocycles. The van der Waals surface area contributed by atoms with Gasteiger partial charge >= 0.3 is 0 Å². The number of benzene rings is 2. The van der Waals surface area contributed by atoms with E-state index in [2.05, 4.69) is 81.4 Å². The number of carbonyl (C=O) groups is 1. The molecular formula is C22H28O2Si. The fraction of sp³-hybridized carbons (Fsp3) is 0.318. The summed E-state index contributed by atoms with van der Waals surface area (Å²) in [6.07, 6.45) is 6.37. The zero-order valence-corrected chi connectivity index (χ0v) is 16.4. The van der Waals surface area contributed by atoms with Crippen molar-refractivity contribution < 1.29 is 9.22 Å². The van der Waals surface area contributed by atoms with Crippen LogP contribution in [0.25, 0.3) is 0 Å². The smallest absolute Gasteiger partial charge is 0.261 e. The molecule has 2 aromatic carbocycles. The zero-order valence-electron chi connectivity index (χ0n) is 15.4. The summed E-state index contributed by atoms with van der Waals surface area (Å²) < 4.78 is 6.71. The monoisotopic (exact) mass is 352 g/mol. The molecule has 0 aliphatic carbocycles. The zero-order chi connectivity index (χ0) is 18.2. The molecule has 132 valence electrons. The van der Waals surface area contributed by atoms with Crippen LogP contribution in [0.15, 0.2) is 72.8 Å². The van der Waals surface area contributed by atoms with Gasteiger partial charge in [-0.15, -0.1) is 0 Å². The van der Waals surface area contributed by atoms with Crippen molar-refractivity contribution in [2.45, 2.75) is 38.7 Å². The Morgan fingerprint density at radius 2 is 1.36 bits per heavy atom. The van der Waals surface area contributed by atoms with Gasteiger partial charge in [0.05, 0.1) is 6.61 Å². The highest BCUT2D eigenvalue weighted by Gasteiger charge is 2.49. The van der Waals surface area contributed by atoms with Crippen molar-refractivity contribution in [2.24, 2.45) is 0 Å². The lowest BCUT2D eigenvalue weighted by Crippen LogP contribution is -2.66. The van der Waals surface area contributed by atoms with Crippen molar-refractivity contribution in [3.8, 4) is 0 Å². The Bertz CT molecular complexity index is 633. The van der Waals surface area contributed by atoms with E-state index in [1.807, 2.05) is 12.2 Å². The summed E-state index contributed by atoms with van der Waals surface area (Å²) in [5.74, 6) is 0. The summed E-state index contributed by atoms with van der Waals surface area (Å²) in [4.78, 5) is 10.4. The number of hydrogen-bond donors (Lipinski definition) is 0. The summed E-state index contributed by atoms with van der Waals surface area (Å²) in [5.41, 5.74) is 0. The molecule has 0 aromatic heterocycles. The van der Waals surface area contributed by atoms with Gasteiger partial charge in [0.2, 0.25) is 0 Å². The molecule has 0 radical (unpaired) electrons. The molecule has 0 unspecified atom stereocenters. The quantitative estimate of drug-likeness (QED) is 0.309. The van der Waals surface area contributed by atoms with Gasteiger partial charge in [-0.3, -0.25) is 0 Å². The minimum Gasteiger partial charge on any atom is -0.404 e. The summed E-state index contributed by atoms with van der Waals surface area (Å²) in [6, 6.07) is 21.3. The third kappa shape index (κ3) is 4.56. The van der Waals surface area contributed by atoms with Crippen molar-refractivity contribution in [3.05, 3.63) is 72.8 Å². The maximum atomic E-state index is 10.4. The molecule has 0 amide bonds. The topological polar surface area (TPSA) is 26.3 Å². The first-order valence-corrected chi connectivity index (χ1v) is 10.8. The van der Waals surface area contributed by atoms with Gasteiger partial charge < -0.3 is 9.22 Å². The molecule has 0 bridgehead atoms. The number of rotatable bonds is 8. The van der Waals surface area contributed by atoms with Crippen LogP contribution < -0.4 is 10.4 Å². The van der Waals surface area contributed by atoms with Gasteiger partial charge in [-0.05, 0) is 21.8 Å². The van der Waals surface area contributed by atoms with Crippen molar-refractivity contribution >= 4 is 25.0 Å². The Balaban J connectivity index is 2.42. The first-order chi connectivity index (χ1) is 12.0. The highest BCUT2D eigenvalue weighted by Crippen LogP contribution is 2.36. The largest absolute Gasteiger partial charge is 0.404 e. The van der Waals surface area contributed by atoms with Gasteiger partial charge in [0.15, 0.2) is 0 Å². The third-order valence-electron chi connectivity index (χ3n) is 4.43. The summed E-state index contributed by atoms with van der Waals surface area (Å²) in [6.45, 7) is 7.38. The predicted molar refractivity (Wildman–Crippen MR) is 108 cm³/mol. The first-order valence-electron chi connectivity index (χ1n) is 8.86. The number of carbonyl (C=O) groups excluding carboxylic acids is 1. The normalized spacial score (nSPS) is 12.4. The Kier molecular flexibility index (Phi) is 6.91. The van der Waals surface area contributed by atoms with Crippen LogP contribution >= 0.6 is 0 Å². The van der Waals surface area contributed by atoms with Gasteiger partial charge in [-0.25, -0.2) is 0 Å². The van der Waals surface area contributed by atoms with Gasteiger partial charge in [0.1, 0.15) is 6.29 Å². The predicted octanol–water partition coefficient (Wildman–Crippen LogP) is 4.10. The van der Waals surface area contributed by atoms with Crippen LogP contribution in [0.2, 0.25) is 5.04 Å². The number of allylic oxidation sites excluding steroid dienone is 1. The molecule has 0 heterocycles. The van der Waals surface area contributed by atoms with E-state index < -0.39 is 8.32 Å². The molecule has 2 rings (SSSR count). The van der Waals surface area contributed by atoms with Gasteiger partial charge in [-0.1, -0.05) is 93.6 Å². The van der Waals surface area contributed by atoms with Crippen molar-refractivity contribution in [1.29, 1.82) is 0 Å². The van der Waals surface area contributed by atoms with Gasteiger partial charge in [-0.2, -0.15) is 0 Å². The van der Waals surface area contributed by atoms with Crippen LogP contribution in [0.5, 0.6) is 0 Å². The van der Waals surface area contributed by atoms with Crippen LogP contribution in [0.4, 0.5) is 0 Å². The second-order valence-electron chi connectivity index (χ2n) is 7.19. The average Bonchev–Trinajstić information content (AvgIpc) is 2.62. The lowest BCUT2D eigenvalue weighted by Gasteiger charge is -2.42. The second kappa shape index (κ2) is 8.93. The van der Waals surface area contributed by atoms with Crippen LogP contribution in [0.3, 0.4) is 0 Å². The lowest BCUT2D eigenvalue weighted by atomic mass is 10.2. The highest BCUT2D eigenvalue weighted by atomic mass is 28.4. The van der Waals surface area contributed by atoms with E-state index in [4.69, 9.17) is 4.43 Å². The summed E-state index contributed by atoms with van der Waals surface area (Å²) >= 11 is 0. The molecule has 25 heavy (non-hydrogen) atoms. The minimum absolute atomic E-state index is 0.00760. The Morgan fingerprint density at radius 1 is 0.840 bits per heavy atom. The van der Waals surface area contributed by atoms with E-state index in [-0.39, 0.29) is 5.04 Å². The van der Waals surface area contributed by atoms with E-state index in [0.29, 0.717) is 13.0 Å².